The van der Waals surface area contributed by atoms with E-state index < -0.39 is 182 Å². The summed E-state index contributed by atoms with van der Waals surface area (Å²) in [6.07, 6.45) is -9.45. The van der Waals surface area contributed by atoms with Crippen molar-refractivity contribution >= 4 is 98.5 Å². The number of primary amides is 3. The molecule has 11 amide bonds. The highest BCUT2D eigenvalue weighted by atomic mass is 33.1. The molecule has 23 N–H and O–H groups in total. The van der Waals surface area contributed by atoms with Gasteiger partial charge in [-0.25, -0.2) is 0 Å². The van der Waals surface area contributed by atoms with Crippen LogP contribution in [0.1, 0.15) is 68.9 Å². The number of carbonyl (C=O) groups excluding carboxylic acids is 12. The van der Waals surface area contributed by atoms with Crippen LogP contribution in [-0.2, 0) is 79.8 Å². The molecule has 5 rings (SSSR count). The zero-order valence-corrected chi connectivity index (χ0v) is 51.7. The van der Waals surface area contributed by atoms with E-state index in [-0.39, 0.29) is 94.3 Å². The molecule has 2 aromatic rings. The van der Waals surface area contributed by atoms with Crippen LogP contribution in [-0.4, -0.2) is 226 Å². The molecule has 0 aliphatic carbocycles. The molecule has 34 nitrogen and oxygen atoms in total. The topological polar surface area (TPSA) is 569 Å². The fourth-order valence-electron chi connectivity index (χ4n) is 9.66. The molecule has 3 aliphatic heterocycles. The van der Waals surface area contributed by atoms with E-state index in [4.69, 9.17) is 48.6 Å². The van der Waals surface area contributed by atoms with Crippen molar-refractivity contribution in [2.24, 2.45) is 39.4 Å². The third-order valence-electron chi connectivity index (χ3n) is 14.5. The molecular weight excluding hydrogens is 1250 g/mol. The van der Waals surface area contributed by atoms with Gasteiger partial charge in [0, 0.05) is 50.3 Å². The van der Waals surface area contributed by atoms with Gasteiger partial charge in [-0.3, -0.25) is 62.5 Å². The number of carbonyl (C=O) groups is 12. The summed E-state index contributed by atoms with van der Waals surface area (Å²) >= 11 is 0. The molecule has 13 atom stereocenters. The maximum atomic E-state index is 14.7. The Kier molecular flexibility index (Phi) is 30.2. The van der Waals surface area contributed by atoms with Gasteiger partial charge in [-0.2, -0.15) is 0 Å². The minimum Gasteiger partial charge on any atom is -0.427 e. The van der Waals surface area contributed by atoms with Crippen molar-refractivity contribution in [3.8, 4) is 5.75 Å². The first-order valence-corrected chi connectivity index (χ1v) is 31.8. The van der Waals surface area contributed by atoms with Gasteiger partial charge < -0.3 is 111 Å². The highest BCUT2D eigenvalue weighted by molar-refractivity contribution is 8.76. The van der Waals surface area contributed by atoms with Crippen molar-refractivity contribution in [3.63, 3.8) is 0 Å². The summed E-state index contributed by atoms with van der Waals surface area (Å²) < 4.78 is 16.2. The molecule has 0 bridgehead atoms. The second-order valence-corrected chi connectivity index (χ2v) is 24.3. The van der Waals surface area contributed by atoms with Crippen molar-refractivity contribution in [3.05, 3.63) is 65.7 Å². The van der Waals surface area contributed by atoms with Gasteiger partial charge in [-0.1, -0.05) is 64.1 Å². The molecule has 0 saturated carbocycles. The van der Waals surface area contributed by atoms with Gasteiger partial charge in [0.1, 0.15) is 72.5 Å². The molecule has 3 fully saturated rings. The Bertz CT molecular complexity index is 2930. The lowest BCUT2D eigenvalue weighted by Gasteiger charge is -2.39. The highest BCUT2D eigenvalue weighted by Crippen LogP contribution is 2.27. The molecule has 3 aliphatic rings. The summed E-state index contributed by atoms with van der Waals surface area (Å²) in [5, 5.41) is 57.4. The Hall–Kier alpha value is -8.23. The summed E-state index contributed by atoms with van der Waals surface area (Å²) in [7, 11) is 1.91. The second-order valence-electron chi connectivity index (χ2n) is 21.7. The van der Waals surface area contributed by atoms with Crippen LogP contribution in [0, 0.1) is 0 Å². The maximum absolute atomic E-state index is 14.7. The van der Waals surface area contributed by atoms with Crippen LogP contribution < -0.4 is 76.4 Å². The Balaban J connectivity index is 1.41. The molecule has 0 radical (unpaired) electrons. The lowest BCUT2D eigenvalue weighted by molar-refractivity contribution is -0.301. The Morgan fingerprint density at radius 2 is 1.32 bits per heavy atom. The molecule has 3 heterocycles. The minimum atomic E-state index is -1.84. The average molecular weight is 1330 g/mol. The summed E-state index contributed by atoms with van der Waals surface area (Å²) in [6.45, 7) is -1.35. The number of likely N-dealkylation sites (tertiary alicyclic amines) is 1. The number of guanidine groups is 1. The number of rotatable bonds is 26. The maximum Gasteiger partial charge on any atom is 0.311 e. The van der Waals surface area contributed by atoms with E-state index in [2.05, 4.69) is 42.2 Å². The summed E-state index contributed by atoms with van der Waals surface area (Å²) in [6, 6.07) is 2.10. The minimum absolute atomic E-state index is 0.0263. The summed E-state index contributed by atoms with van der Waals surface area (Å²) in [5.74, 6) is -11.7. The number of aliphatic hydroxyl groups is 4. The number of esters is 1. The van der Waals surface area contributed by atoms with E-state index in [1.807, 2.05) is 0 Å². The fraction of sp³-hybridized carbons (Fsp3) is 0.554. The lowest BCUT2D eigenvalue weighted by Crippen LogP contribution is -2.61. The van der Waals surface area contributed by atoms with Gasteiger partial charge in [0.05, 0.1) is 32.2 Å². The first-order valence-electron chi connectivity index (χ1n) is 29.3. The Morgan fingerprint density at radius 3 is 1.95 bits per heavy atom. The number of nitrogens with two attached hydrogens (primary N) is 6. The largest absolute Gasteiger partial charge is 0.427 e. The fourth-order valence-corrected chi connectivity index (χ4v) is 11.9. The molecule has 0 spiro atoms. The second kappa shape index (κ2) is 37.3. The van der Waals surface area contributed by atoms with Gasteiger partial charge in [0.25, 0.3) is 0 Å². The quantitative estimate of drug-likeness (QED) is 0.0104. The number of ether oxygens (including phenoxy) is 3. The van der Waals surface area contributed by atoms with Gasteiger partial charge in [-0.15, -0.1) is 0 Å². The van der Waals surface area contributed by atoms with E-state index in [1.54, 1.807) is 30.3 Å². The summed E-state index contributed by atoms with van der Waals surface area (Å²) in [5.41, 5.74) is 34.5. The van der Waals surface area contributed by atoms with Gasteiger partial charge in [0.2, 0.25) is 65.0 Å². The van der Waals surface area contributed by atoms with E-state index in [9.17, 15) is 78.0 Å². The van der Waals surface area contributed by atoms with Gasteiger partial charge >= 0.3 is 5.97 Å². The first-order chi connectivity index (χ1) is 43.7. The first kappa shape index (κ1) is 74.5. The standard InChI is InChI=1S/C56H81N15O19S2/c57-31-26-91-92-27-37(54(87)71-19-5-10-38(71)53(86)66-32(9-4-18-63-56(61)62)48(81)64-24-42(60)75)70-52(85)36(23-41(59)74)69-49(82)33(16-17-40(58)73)65-50(83)35(21-28-7-2-1-3-8-28)68-51(84)34(67-47(31)80)22-29-12-14-30(15-13-29)89-43(76)11-6-20-88-55-46(79)45(78)44(77)39(25-72)90-55/h1-3,7-8,12-15,31-39,44-46,55,72,77-79H,4-6,9-11,16-27,57H2,(H2,58,73)(H2,59,74)(H2,60,75)(H,64,81)(H,65,83)(H,66,86)(H,67,80)(H,68,84)(H,69,82)(H,70,85)(H4,61,62,63)/t31-,32-,33-,34?,35-,36?,37-,38-,39+,44+,45-,46+,55+/m0/s1. The van der Waals surface area contributed by atoms with Crippen LogP contribution in [0.15, 0.2) is 59.6 Å². The normalized spacial score (nSPS) is 25.6. The third-order valence-corrected chi connectivity index (χ3v) is 17.0. The Labute approximate surface area is 535 Å². The van der Waals surface area contributed by atoms with Crippen LogP contribution in [0.3, 0.4) is 0 Å². The van der Waals surface area contributed by atoms with Crippen molar-refractivity contribution in [1.29, 1.82) is 0 Å². The van der Waals surface area contributed by atoms with Crippen molar-refractivity contribution in [2.45, 2.75) is 150 Å². The van der Waals surface area contributed by atoms with Crippen molar-refractivity contribution in [2.75, 3.05) is 44.4 Å². The molecule has 2 unspecified atom stereocenters. The van der Waals surface area contributed by atoms with E-state index in [0.717, 1.165) is 26.5 Å². The SMILES string of the molecule is NC(=O)CC[C@@H]1NC(=O)[C@H](Cc2ccccc2)NC(=O)C(Cc2ccc(OC(=O)CCCO[C@@H]3O[C@H](CO)[C@@H](O)[C@H](O)[C@H]3O)cc2)NC(=O)[C@@H](N)CSSC[C@@H](C(=O)N2CCC[C@H]2C(=O)N[C@@H](CCCN=C(N)N)C(=O)NCC(N)=O)NC(=O)C(CC(N)=O)NC1=O. The van der Waals surface area contributed by atoms with E-state index in [1.165, 1.54) is 24.3 Å². The number of aliphatic imine (C=N–C) groups is 1. The van der Waals surface area contributed by atoms with Crippen LogP contribution in [0.2, 0.25) is 0 Å². The van der Waals surface area contributed by atoms with Crippen molar-refractivity contribution in [1.82, 2.24) is 42.1 Å². The van der Waals surface area contributed by atoms with Crippen LogP contribution in [0.5, 0.6) is 5.75 Å². The van der Waals surface area contributed by atoms with Crippen LogP contribution >= 0.6 is 21.6 Å². The predicted molar refractivity (Wildman–Crippen MR) is 328 cm³/mol. The summed E-state index contributed by atoms with van der Waals surface area (Å²) in [4.78, 5) is 168. The number of nitrogens with one attached hydrogen (secondary N) is 7. The van der Waals surface area contributed by atoms with Crippen molar-refractivity contribution < 1.29 is 92.2 Å². The van der Waals surface area contributed by atoms with Gasteiger partial charge in [-0.05, 0) is 61.8 Å². The number of aliphatic hydroxyl groups excluding tert-OH is 4. The predicted octanol–water partition coefficient (Wildman–Crippen LogP) is -7.61. The number of nitrogens with zero attached hydrogens (tertiary/aromatic N) is 2. The number of hydrogen-bond acceptors (Lipinski definition) is 23. The average Bonchev–Trinajstić information content (AvgIpc) is 1.49. The molecule has 36 heteroatoms. The molecule has 0 aromatic heterocycles. The van der Waals surface area contributed by atoms with E-state index in [0.29, 0.717) is 11.1 Å². The molecule has 506 valence electrons. The van der Waals surface area contributed by atoms with Crippen LogP contribution in [0.4, 0.5) is 0 Å². The number of amides is 11. The monoisotopic (exact) mass is 1330 g/mol. The molecule has 3 saturated heterocycles. The zero-order valence-electron chi connectivity index (χ0n) is 50.0. The molecular formula is C56H81N15O19S2. The smallest absolute Gasteiger partial charge is 0.311 e. The number of hydrogen-bond donors (Lipinski definition) is 17. The Morgan fingerprint density at radius 1 is 0.707 bits per heavy atom. The molecule has 92 heavy (non-hydrogen) atoms. The van der Waals surface area contributed by atoms with E-state index >= 15 is 0 Å². The van der Waals surface area contributed by atoms with Crippen LogP contribution in [0.25, 0.3) is 0 Å². The highest BCUT2D eigenvalue weighted by Gasteiger charge is 2.45. The zero-order chi connectivity index (χ0) is 67.6. The lowest BCUT2D eigenvalue weighted by atomic mass is 9.99. The number of benzene rings is 2. The van der Waals surface area contributed by atoms with Gasteiger partial charge in [0.15, 0.2) is 12.2 Å². The molecule has 2 aromatic carbocycles. The third kappa shape index (κ3) is 24.1.